The van der Waals surface area contributed by atoms with Gasteiger partial charge in [-0.15, -0.1) is 0 Å². The summed E-state index contributed by atoms with van der Waals surface area (Å²) in [6, 6.07) is 11.2. The number of benzene rings is 1. The molecule has 0 aliphatic heterocycles. The number of pyridine rings is 1. The molecule has 152 valence electrons. The van der Waals surface area contributed by atoms with E-state index in [1.165, 1.54) is 0 Å². The van der Waals surface area contributed by atoms with E-state index in [0.717, 1.165) is 16.7 Å². The van der Waals surface area contributed by atoms with Crippen molar-refractivity contribution in [3.8, 4) is 17.1 Å². The van der Waals surface area contributed by atoms with Crippen LogP contribution in [-0.2, 0) is 6.42 Å². The normalized spacial score (nSPS) is 11.9. The van der Waals surface area contributed by atoms with Crippen LogP contribution in [0.2, 0.25) is 0 Å². The van der Waals surface area contributed by atoms with E-state index in [1.807, 2.05) is 43.3 Å². The van der Waals surface area contributed by atoms with E-state index < -0.39 is 6.10 Å². The Balaban J connectivity index is 1.88. The zero-order valence-corrected chi connectivity index (χ0v) is 16.7. The Morgan fingerprint density at radius 3 is 2.76 bits per heavy atom. The number of hydrogen-bond acceptors (Lipinski definition) is 7. The highest BCUT2D eigenvalue weighted by atomic mass is 16.5. The molecule has 0 aliphatic rings. The van der Waals surface area contributed by atoms with Crippen molar-refractivity contribution < 1.29 is 14.9 Å². The fourth-order valence-corrected chi connectivity index (χ4v) is 3.01. The molecule has 2 aromatic heterocycles. The summed E-state index contributed by atoms with van der Waals surface area (Å²) in [6.07, 6.45) is 3.62. The molecule has 7 nitrogen and oxygen atoms in total. The third-order valence-electron chi connectivity index (χ3n) is 4.44. The first-order chi connectivity index (χ1) is 14.1. The molecule has 3 aromatic rings. The molecule has 1 aromatic carbocycles. The molecule has 3 N–H and O–H groups in total. The van der Waals surface area contributed by atoms with E-state index in [0.29, 0.717) is 42.5 Å². The fourth-order valence-electron chi connectivity index (χ4n) is 3.01. The van der Waals surface area contributed by atoms with Crippen LogP contribution in [0.15, 0.2) is 48.8 Å². The summed E-state index contributed by atoms with van der Waals surface area (Å²) in [6.45, 7) is 2.67. The van der Waals surface area contributed by atoms with Crippen molar-refractivity contribution in [1.29, 1.82) is 0 Å². The van der Waals surface area contributed by atoms with Crippen LogP contribution in [0.5, 0.6) is 5.75 Å². The lowest BCUT2D eigenvalue weighted by atomic mass is 10.0. The number of aliphatic hydroxyl groups excluding tert-OH is 2. The number of aromatic nitrogens is 3. The first-order valence-electron chi connectivity index (χ1n) is 9.56. The van der Waals surface area contributed by atoms with Crippen molar-refractivity contribution in [3.05, 3.63) is 65.6 Å². The summed E-state index contributed by atoms with van der Waals surface area (Å²) >= 11 is 0. The van der Waals surface area contributed by atoms with Gasteiger partial charge in [0.2, 0.25) is 0 Å². The summed E-state index contributed by atoms with van der Waals surface area (Å²) in [5.74, 6) is 1.90. The highest BCUT2D eigenvalue weighted by molar-refractivity contribution is 5.56. The summed E-state index contributed by atoms with van der Waals surface area (Å²) in [5.41, 5.74) is 3.30. The quantitative estimate of drug-likeness (QED) is 0.480. The van der Waals surface area contributed by atoms with E-state index in [-0.39, 0.29) is 6.61 Å². The Hall–Kier alpha value is -3.03. The maximum absolute atomic E-state index is 10.8. The predicted octanol–water partition coefficient (Wildman–Crippen LogP) is 2.93. The van der Waals surface area contributed by atoms with Gasteiger partial charge < -0.3 is 20.3 Å². The van der Waals surface area contributed by atoms with E-state index in [9.17, 15) is 5.11 Å². The number of hydrogen-bond donors (Lipinski definition) is 3. The molecule has 0 spiro atoms. The standard InChI is InChI=1S/C22H26N4O3/c1-15-9-17(11-19(10-15)29-2)20(28)12-18-13-21(24-7-4-8-27)26-22(25-18)16-5-3-6-23-14-16/h3,5-6,9-11,13-14,20,27-28H,4,7-8,12H2,1-2H3,(H,24,25,26). The fraction of sp³-hybridized carbons (Fsp3) is 0.318. The number of methoxy groups -OCH3 is 1. The van der Waals surface area contributed by atoms with Gasteiger partial charge in [0.25, 0.3) is 0 Å². The minimum absolute atomic E-state index is 0.105. The van der Waals surface area contributed by atoms with Crippen LogP contribution in [0.25, 0.3) is 11.4 Å². The molecule has 0 saturated carbocycles. The van der Waals surface area contributed by atoms with Gasteiger partial charge in [0.05, 0.1) is 13.2 Å². The van der Waals surface area contributed by atoms with Crippen molar-refractivity contribution in [2.75, 3.05) is 25.6 Å². The summed E-state index contributed by atoms with van der Waals surface area (Å²) < 4.78 is 5.31. The number of rotatable bonds is 9. The molecule has 0 saturated heterocycles. The number of aryl methyl sites for hydroxylation is 1. The van der Waals surface area contributed by atoms with Crippen LogP contribution in [0.4, 0.5) is 5.82 Å². The van der Waals surface area contributed by atoms with Gasteiger partial charge >= 0.3 is 0 Å². The van der Waals surface area contributed by atoms with Crippen LogP contribution in [0, 0.1) is 6.92 Å². The van der Waals surface area contributed by atoms with Crippen LogP contribution in [0.1, 0.15) is 29.3 Å². The second kappa shape index (κ2) is 9.95. The highest BCUT2D eigenvalue weighted by Gasteiger charge is 2.14. The zero-order chi connectivity index (χ0) is 20.6. The van der Waals surface area contributed by atoms with E-state index in [1.54, 1.807) is 19.5 Å². The van der Waals surface area contributed by atoms with Crippen LogP contribution in [-0.4, -0.2) is 45.4 Å². The van der Waals surface area contributed by atoms with E-state index in [4.69, 9.17) is 9.84 Å². The van der Waals surface area contributed by atoms with Crippen molar-refractivity contribution in [1.82, 2.24) is 15.0 Å². The highest BCUT2D eigenvalue weighted by Crippen LogP contribution is 2.25. The molecule has 0 radical (unpaired) electrons. The SMILES string of the molecule is COc1cc(C)cc(C(O)Cc2cc(NCCCO)nc(-c3cccnc3)n2)c1. The average molecular weight is 394 g/mol. The Kier molecular flexibility index (Phi) is 7.10. The molecule has 1 atom stereocenters. The molecular weight excluding hydrogens is 368 g/mol. The van der Waals surface area contributed by atoms with Gasteiger partial charge in [0, 0.05) is 49.3 Å². The number of aliphatic hydroxyl groups is 2. The topological polar surface area (TPSA) is 100 Å². The van der Waals surface area contributed by atoms with Crippen molar-refractivity contribution >= 4 is 5.82 Å². The van der Waals surface area contributed by atoms with Gasteiger partial charge in [-0.05, 0) is 48.7 Å². The third kappa shape index (κ3) is 5.73. The minimum atomic E-state index is -0.731. The number of anilines is 1. The summed E-state index contributed by atoms with van der Waals surface area (Å²) in [7, 11) is 1.61. The van der Waals surface area contributed by atoms with Crippen LogP contribution >= 0.6 is 0 Å². The molecule has 0 aliphatic carbocycles. The Labute approximate surface area is 170 Å². The number of nitrogens with zero attached hydrogens (tertiary/aromatic N) is 3. The molecule has 3 rings (SSSR count). The molecule has 0 fully saturated rings. The van der Waals surface area contributed by atoms with Gasteiger partial charge in [-0.25, -0.2) is 9.97 Å². The maximum Gasteiger partial charge on any atom is 0.163 e. The Morgan fingerprint density at radius 2 is 2.03 bits per heavy atom. The molecule has 2 heterocycles. The second-order valence-corrected chi connectivity index (χ2v) is 6.82. The molecule has 1 unspecified atom stereocenters. The molecule has 29 heavy (non-hydrogen) atoms. The van der Waals surface area contributed by atoms with Gasteiger partial charge in [-0.3, -0.25) is 4.98 Å². The van der Waals surface area contributed by atoms with Crippen LogP contribution < -0.4 is 10.1 Å². The van der Waals surface area contributed by atoms with Crippen LogP contribution in [0.3, 0.4) is 0 Å². The molecule has 7 heteroatoms. The van der Waals surface area contributed by atoms with Crippen molar-refractivity contribution in [2.45, 2.75) is 25.9 Å². The zero-order valence-electron chi connectivity index (χ0n) is 16.7. The lowest BCUT2D eigenvalue weighted by molar-refractivity contribution is 0.176. The third-order valence-corrected chi connectivity index (χ3v) is 4.44. The van der Waals surface area contributed by atoms with Gasteiger partial charge in [-0.2, -0.15) is 0 Å². The van der Waals surface area contributed by atoms with E-state index in [2.05, 4.69) is 20.3 Å². The number of ether oxygens (including phenoxy) is 1. The number of nitrogens with one attached hydrogen (secondary N) is 1. The Bertz CT molecular complexity index is 935. The van der Waals surface area contributed by atoms with Crippen molar-refractivity contribution in [2.24, 2.45) is 0 Å². The smallest absolute Gasteiger partial charge is 0.163 e. The maximum atomic E-state index is 10.8. The first kappa shape index (κ1) is 20.7. The molecule has 0 bridgehead atoms. The average Bonchev–Trinajstić information content (AvgIpc) is 2.74. The van der Waals surface area contributed by atoms with Gasteiger partial charge in [0.1, 0.15) is 11.6 Å². The largest absolute Gasteiger partial charge is 0.497 e. The molecule has 0 amide bonds. The lowest BCUT2D eigenvalue weighted by Gasteiger charge is -2.15. The monoisotopic (exact) mass is 394 g/mol. The van der Waals surface area contributed by atoms with Crippen molar-refractivity contribution in [3.63, 3.8) is 0 Å². The predicted molar refractivity (Wildman–Crippen MR) is 112 cm³/mol. The van der Waals surface area contributed by atoms with Gasteiger partial charge in [0.15, 0.2) is 5.82 Å². The summed E-state index contributed by atoms with van der Waals surface area (Å²) in [5, 5.41) is 23.0. The van der Waals surface area contributed by atoms with Gasteiger partial charge in [-0.1, -0.05) is 6.07 Å². The molecular formula is C22H26N4O3. The second-order valence-electron chi connectivity index (χ2n) is 6.82. The first-order valence-corrected chi connectivity index (χ1v) is 9.56. The lowest BCUT2D eigenvalue weighted by Crippen LogP contribution is -2.10. The summed E-state index contributed by atoms with van der Waals surface area (Å²) in [4.78, 5) is 13.3. The van der Waals surface area contributed by atoms with E-state index >= 15 is 0 Å². The minimum Gasteiger partial charge on any atom is -0.497 e. The Morgan fingerprint density at radius 1 is 1.17 bits per heavy atom.